The van der Waals surface area contributed by atoms with Gasteiger partial charge in [0.15, 0.2) is 0 Å². The van der Waals surface area contributed by atoms with E-state index in [1.807, 2.05) is 0 Å². The molecule has 0 aliphatic carbocycles. The van der Waals surface area contributed by atoms with Crippen LogP contribution in [0.3, 0.4) is 0 Å². The van der Waals surface area contributed by atoms with Crippen molar-refractivity contribution in [1.82, 2.24) is 0 Å². The van der Waals surface area contributed by atoms with Crippen LogP contribution in [0.5, 0.6) is 5.75 Å². The molecule has 0 fully saturated rings. The lowest BCUT2D eigenvalue weighted by atomic mass is 10.2. The van der Waals surface area contributed by atoms with Crippen molar-refractivity contribution in [3.8, 4) is 5.75 Å². The minimum Gasteiger partial charge on any atom is -0.492 e. The summed E-state index contributed by atoms with van der Waals surface area (Å²) in [5.41, 5.74) is -0.387. The normalized spacial score (nSPS) is 9.94. The number of carboxylic acids is 1. The minimum atomic E-state index is -1.22. The number of aromatic carboxylic acids is 1. The van der Waals surface area contributed by atoms with Crippen molar-refractivity contribution >= 4 is 11.7 Å². The number of nitrogens with zero attached hydrogens (tertiary/aromatic N) is 1. The van der Waals surface area contributed by atoms with Crippen LogP contribution in [0.4, 0.5) is 5.69 Å². The van der Waals surface area contributed by atoms with Crippen molar-refractivity contribution in [1.29, 1.82) is 0 Å². The highest BCUT2D eigenvalue weighted by Gasteiger charge is 2.16. The van der Waals surface area contributed by atoms with Gasteiger partial charge in [-0.3, -0.25) is 10.1 Å². The number of ether oxygens (including phenoxy) is 1. The zero-order valence-electron chi connectivity index (χ0n) is 8.83. The summed E-state index contributed by atoms with van der Waals surface area (Å²) in [6.07, 6.45) is 0.321. The number of carboxylic acid groups (broad SMARTS) is 1. The third-order valence-corrected chi connectivity index (χ3v) is 1.97. The van der Waals surface area contributed by atoms with Gasteiger partial charge in [0.05, 0.1) is 17.6 Å². The Kier molecular flexibility index (Phi) is 4.41. The zero-order valence-corrected chi connectivity index (χ0v) is 8.83. The van der Waals surface area contributed by atoms with Gasteiger partial charge in [-0.05, 0) is 6.07 Å². The lowest BCUT2D eigenvalue weighted by molar-refractivity contribution is -0.384. The predicted molar refractivity (Wildman–Crippen MR) is 57.3 cm³/mol. The molecular weight excluding hydrogens is 230 g/mol. The molecule has 2 N–H and O–H groups in total. The third-order valence-electron chi connectivity index (χ3n) is 1.97. The summed E-state index contributed by atoms with van der Waals surface area (Å²) in [5, 5.41) is 27.9. The van der Waals surface area contributed by atoms with E-state index in [-0.39, 0.29) is 30.2 Å². The molecule has 0 saturated heterocycles. The smallest absolute Gasteiger partial charge is 0.339 e. The van der Waals surface area contributed by atoms with Crippen molar-refractivity contribution in [3.05, 3.63) is 33.9 Å². The molecule has 0 aliphatic heterocycles. The fourth-order valence-corrected chi connectivity index (χ4v) is 1.17. The molecule has 0 unspecified atom stereocenters. The molecule has 0 saturated carbocycles. The summed E-state index contributed by atoms with van der Waals surface area (Å²) in [6.45, 7) is -0.00468. The van der Waals surface area contributed by atoms with Gasteiger partial charge in [0.25, 0.3) is 5.69 Å². The molecule has 0 bridgehead atoms. The van der Waals surface area contributed by atoms with E-state index in [0.29, 0.717) is 6.42 Å². The van der Waals surface area contributed by atoms with Crippen LogP contribution in [0.1, 0.15) is 16.8 Å². The highest BCUT2D eigenvalue weighted by Crippen LogP contribution is 2.25. The minimum absolute atomic E-state index is 0.0693. The fourth-order valence-electron chi connectivity index (χ4n) is 1.17. The second-order valence-corrected chi connectivity index (χ2v) is 3.17. The molecule has 1 aromatic carbocycles. The molecule has 0 heterocycles. The van der Waals surface area contributed by atoms with E-state index in [1.54, 1.807) is 0 Å². The number of carbonyl (C=O) groups is 1. The summed E-state index contributed by atoms with van der Waals surface area (Å²) in [5.74, 6) is -1.29. The van der Waals surface area contributed by atoms with Gasteiger partial charge in [-0.2, -0.15) is 0 Å². The maximum Gasteiger partial charge on any atom is 0.339 e. The molecule has 1 aromatic rings. The standard InChI is InChI=1S/C10H11NO6/c12-4-1-5-17-9-6-7(11(15)16)2-3-8(9)10(13)14/h2-3,6,12H,1,4-5H2,(H,13,14). The molecule has 0 aromatic heterocycles. The van der Waals surface area contributed by atoms with E-state index in [1.165, 1.54) is 0 Å². The van der Waals surface area contributed by atoms with E-state index in [9.17, 15) is 14.9 Å². The largest absolute Gasteiger partial charge is 0.492 e. The van der Waals surface area contributed by atoms with Crippen LogP contribution in [0.15, 0.2) is 18.2 Å². The van der Waals surface area contributed by atoms with Gasteiger partial charge in [-0.15, -0.1) is 0 Å². The second-order valence-electron chi connectivity index (χ2n) is 3.17. The Morgan fingerprint density at radius 1 is 1.47 bits per heavy atom. The molecule has 7 heteroatoms. The van der Waals surface area contributed by atoms with Crippen LogP contribution in [0.2, 0.25) is 0 Å². The predicted octanol–water partition coefficient (Wildman–Crippen LogP) is 1.05. The zero-order chi connectivity index (χ0) is 12.8. The SMILES string of the molecule is O=C(O)c1ccc([N+](=O)[O-])cc1OCCCO. The number of non-ortho nitro benzene ring substituents is 1. The van der Waals surface area contributed by atoms with Gasteiger partial charge < -0.3 is 14.9 Å². The molecule has 0 amide bonds. The summed E-state index contributed by atoms with van der Waals surface area (Å²) in [7, 11) is 0. The fraction of sp³-hybridized carbons (Fsp3) is 0.300. The Morgan fingerprint density at radius 2 is 2.18 bits per heavy atom. The van der Waals surface area contributed by atoms with Gasteiger partial charge in [0.2, 0.25) is 0 Å². The van der Waals surface area contributed by atoms with Gasteiger partial charge in [0, 0.05) is 19.1 Å². The van der Waals surface area contributed by atoms with Crippen LogP contribution >= 0.6 is 0 Å². The highest BCUT2D eigenvalue weighted by atomic mass is 16.6. The first-order valence-electron chi connectivity index (χ1n) is 4.81. The Labute approximate surface area is 96.4 Å². The Balaban J connectivity index is 2.98. The Bertz CT molecular complexity index is 431. The van der Waals surface area contributed by atoms with Crippen molar-refractivity contribution in [2.75, 3.05) is 13.2 Å². The number of benzene rings is 1. The molecule has 1 rings (SSSR count). The van der Waals surface area contributed by atoms with Crippen molar-refractivity contribution < 1.29 is 24.7 Å². The lowest BCUT2D eigenvalue weighted by Gasteiger charge is -2.07. The van der Waals surface area contributed by atoms with Crippen LogP contribution < -0.4 is 4.74 Å². The molecule has 7 nitrogen and oxygen atoms in total. The quantitative estimate of drug-likeness (QED) is 0.437. The molecular formula is C10H11NO6. The number of nitro groups is 1. The van der Waals surface area contributed by atoms with E-state index >= 15 is 0 Å². The number of hydrogen-bond acceptors (Lipinski definition) is 5. The van der Waals surface area contributed by atoms with Crippen LogP contribution in [0, 0.1) is 10.1 Å². The van der Waals surface area contributed by atoms with Gasteiger partial charge in [-0.25, -0.2) is 4.79 Å². The van der Waals surface area contributed by atoms with E-state index in [2.05, 4.69) is 0 Å². The van der Waals surface area contributed by atoms with Crippen LogP contribution in [0.25, 0.3) is 0 Å². The number of aliphatic hydroxyl groups is 1. The maximum atomic E-state index is 10.8. The summed E-state index contributed by atoms with van der Waals surface area (Å²) >= 11 is 0. The Morgan fingerprint density at radius 3 is 2.71 bits per heavy atom. The van der Waals surface area contributed by atoms with Gasteiger partial charge >= 0.3 is 5.97 Å². The molecule has 0 spiro atoms. The van der Waals surface area contributed by atoms with E-state index in [4.69, 9.17) is 14.9 Å². The third kappa shape index (κ3) is 3.42. The summed E-state index contributed by atoms with van der Waals surface area (Å²) < 4.78 is 5.08. The van der Waals surface area contributed by atoms with Gasteiger partial charge in [0.1, 0.15) is 11.3 Å². The summed E-state index contributed by atoms with van der Waals surface area (Å²) in [6, 6.07) is 3.28. The molecule has 17 heavy (non-hydrogen) atoms. The molecule has 92 valence electrons. The highest BCUT2D eigenvalue weighted by molar-refractivity contribution is 5.91. The average Bonchev–Trinajstić information content (AvgIpc) is 2.28. The Hall–Kier alpha value is -2.15. The lowest BCUT2D eigenvalue weighted by Crippen LogP contribution is -2.06. The topological polar surface area (TPSA) is 110 Å². The van der Waals surface area contributed by atoms with Crippen molar-refractivity contribution in [3.63, 3.8) is 0 Å². The van der Waals surface area contributed by atoms with Crippen molar-refractivity contribution in [2.45, 2.75) is 6.42 Å². The summed E-state index contributed by atoms with van der Waals surface area (Å²) in [4.78, 5) is 20.7. The van der Waals surface area contributed by atoms with Gasteiger partial charge in [-0.1, -0.05) is 0 Å². The molecule has 0 atom stereocenters. The number of nitro benzene ring substituents is 1. The van der Waals surface area contributed by atoms with Crippen LogP contribution in [-0.4, -0.2) is 34.3 Å². The second kappa shape index (κ2) is 5.80. The van der Waals surface area contributed by atoms with Crippen molar-refractivity contribution in [2.24, 2.45) is 0 Å². The first kappa shape index (κ1) is 12.9. The molecule has 0 radical (unpaired) electrons. The van der Waals surface area contributed by atoms with E-state index < -0.39 is 10.9 Å². The van der Waals surface area contributed by atoms with Crippen LogP contribution in [-0.2, 0) is 0 Å². The maximum absolute atomic E-state index is 10.8. The molecule has 0 aliphatic rings. The van der Waals surface area contributed by atoms with E-state index in [0.717, 1.165) is 18.2 Å². The monoisotopic (exact) mass is 241 g/mol. The number of rotatable bonds is 6. The first-order valence-corrected chi connectivity index (χ1v) is 4.81. The number of hydrogen-bond donors (Lipinski definition) is 2. The average molecular weight is 241 g/mol. The number of aliphatic hydroxyl groups excluding tert-OH is 1. The first-order chi connectivity index (χ1) is 8.06.